The topological polar surface area (TPSA) is 86.1 Å². The fourth-order valence-electron chi connectivity index (χ4n) is 2.15. The summed E-state index contributed by atoms with van der Waals surface area (Å²) >= 11 is 0. The fourth-order valence-corrected chi connectivity index (χ4v) is 2.15. The summed E-state index contributed by atoms with van der Waals surface area (Å²) in [5.41, 5.74) is 3.71. The van der Waals surface area contributed by atoms with Gasteiger partial charge in [-0.3, -0.25) is 14.9 Å². The summed E-state index contributed by atoms with van der Waals surface area (Å²) in [5, 5.41) is 4.50. The highest BCUT2D eigenvalue weighted by Crippen LogP contribution is 2.38. The largest absolute Gasteiger partial charge is 0.464 e. The van der Waals surface area contributed by atoms with Crippen molar-refractivity contribution in [3.8, 4) is 0 Å². The molecule has 100 valence electrons. The van der Waals surface area contributed by atoms with Crippen LogP contribution in [0.1, 0.15) is 46.3 Å². The first-order valence-electron chi connectivity index (χ1n) is 6.31. The molecule has 0 radical (unpaired) electrons. The zero-order valence-corrected chi connectivity index (χ0v) is 10.7. The second-order valence-electron chi connectivity index (χ2n) is 4.87. The molecule has 3 rings (SSSR count). The molecule has 0 unspecified atom stereocenters. The Hall–Kier alpha value is -2.08. The van der Waals surface area contributed by atoms with Crippen LogP contribution in [0.5, 0.6) is 0 Å². The van der Waals surface area contributed by atoms with Gasteiger partial charge in [0.25, 0.3) is 5.91 Å². The van der Waals surface area contributed by atoms with Gasteiger partial charge in [0.15, 0.2) is 0 Å². The van der Waals surface area contributed by atoms with Crippen LogP contribution in [-0.4, -0.2) is 15.7 Å². The Bertz CT molecular complexity index is 610. The Morgan fingerprint density at radius 3 is 3.11 bits per heavy atom. The van der Waals surface area contributed by atoms with Crippen molar-refractivity contribution in [1.29, 1.82) is 0 Å². The van der Waals surface area contributed by atoms with Crippen molar-refractivity contribution in [3.05, 3.63) is 41.1 Å². The molecule has 0 spiro atoms. The Morgan fingerprint density at radius 1 is 1.63 bits per heavy atom. The summed E-state index contributed by atoms with van der Waals surface area (Å²) in [6, 6.07) is 3.75. The molecule has 2 aromatic heterocycles. The number of aryl methyl sites for hydroxylation is 1. The average molecular weight is 260 g/mol. The number of hydrogen-bond donors (Lipinski definition) is 2. The summed E-state index contributed by atoms with van der Waals surface area (Å²) in [7, 11) is 0. The molecule has 3 N–H and O–H groups in total. The second kappa shape index (κ2) is 4.55. The highest BCUT2D eigenvalue weighted by Gasteiger charge is 2.25. The lowest BCUT2D eigenvalue weighted by Crippen LogP contribution is -2.30. The number of nitrogen functional groups attached to an aromatic ring is 1. The molecular formula is C13H16N4O2. The van der Waals surface area contributed by atoms with E-state index in [-0.39, 0.29) is 5.91 Å². The van der Waals surface area contributed by atoms with E-state index in [1.165, 1.54) is 12.8 Å². The molecule has 1 amide bonds. The first-order chi connectivity index (χ1) is 9.17. The Kier molecular flexibility index (Phi) is 2.87. The van der Waals surface area contributed by atoms with E-state index in [1.807, 2.05) is 16.9 Å². The van der Waals surface area contributed by atoms with Crippen LogP contribution >= 0.6 is 0 Å². The molecule has 19 heavy (non-hydrogen) atoms. The molecule has 0 atom stereocenters. The van der Waals surface area contributed by atoms with Gasteiger partial charge in [0, 0.05) is 12.1 Å². The van der Waals surface area contributed by atoms with E-state index in [0.29, 0.717) is 29.5 Å². The summed E-state index contributed by atoms with van der Waals surface area (Å²) in [5.74, 6) is 6.67. The predicted molar refractivity (Wildman–Crippen MR) is 68.4 cm³/mol. The molecule has 0 saturated heterocycles. The molecule has 0 aliphatic heterocycles. The van der Waals surface area contributed by atoms with Gasteiger partial charge in [-0.25, -0.2) is 5.84 Å². The minimum absolute atomic E-state index is 0.341. The van der Waals surface area contributed by atoms with Crippen molar-refractivity contribution < 1.29 is 9.21 Å². The average Bonchev–Trinajstić information content (AvgIpc) is 3.05. The monoisotopic (exact) mass is 260 g/mol. The number of nitrogens with two attached hydrogens (primary N) is 1. The van der Waals surface area contributed by atoms with Gasteiger partial charge in [0.1, 0.15) is 11.5 Å². The Balaban J connectivity index is 1.76. The van der Waals surface area contributed by atoms with Gasteiger partial charge >= 0.3 is 0 Å². The van der Waals surface area contributed by atoms with Crippen molar-refractivity contribution in [2.45, 2.75) is 32.2 Å². The van der Waals surface area contributed by atoms with Crippen LogP contribution < -0.4 is 11.3 Å². The van der Waals surface area contributed by atoms with Crippen molar-refractivity contribution in [2.75, 3.05) is 0 Å². The molecule has 2 aromatic rings. The van der Waals surface area contributed by atoms with E-state index in [2.05, 4.69) is 10.5 Å². The third kappa shape index (κ3) is 2.39. The number of carbonyl (C=O) groups is 1. The zero-order chi connectivity index (χ0) is 13.4. The summed E-state index contributed by atoms with van der Waals surface area (Å²) in [6.45, 7) is 2.26. The first kappa shape index (κ1) is 12.0. The number of nitrogens with one attached hydrogen (secondary N) is 1. The maximum atomic E-state index is 11.5. The van der Waals surface area contributed by atoms with Gasteiger partial charge < -0.3 is 4.42 Å². The van der Waals surface area contributed by atoms with Gasteiger partial charge in [-0.05, 0) is 31.9 Å². The highest BCUT2D eigenvalue weighted by molar-refractivity contribution is 5.94. The molecule has 1 aliphatic carbocycles. The lowest BCUT2D eigenvalue weighted by Gasteiger charge is -1.97. The quantitative estimate of drug-likeness (QED) is 0.493. The maximum absolute atomic E-state index is 11.5. The molecule has 6 heteroatoms. The number of rotatable bonds is 4. The minimum atomic E-state index is -0.341. The third-order valence-electron chi connectivity index (χ3n) is 3.32. The van der Waals surface area contributed by atoms with E-state index >= 15 is 0 Å². The van der Waals surface area contributed by atoms with Crippen molar-refractivity contribution in [1.82, 2.24) is 15.2 Å². The molecule has 1 aliphatic rings. The van der Waals surface area contributed by atoms with Gasteiger partial charge in [-0.15, -0.1) is 0 Å². The van der Waals surface area contributed by atoms with Gasteiger partial charge in [0.2, 0.25) is 0 Å². The van der Waals surface area contributed by atoms with Crippen LogP contribution in [0.15, 0.2) is 22.7 Å². The van der Waals surface area contributed by atoms with Gasteiger partial charge in [0.05, 0.1) is 17.8 Å². The van der Waals surface area contributed by atoms with Crippen LogP contribution in [0.4, 0.5) is 0 Å². The number of hydrazine groups is 1. The highest BCUT2D eigenvalue weighted by atomic mass is 16.3. The number of hydrogen-bond acceptors (Lipinski definition) is 4. The molecule has 6 nitrogen and oxygen atoms in total. The molecule has 2 heterocycles. The van der Waals surface area contributed by atoms with Crippen LogP contribution in [0.25, 0.3) is 0 Å². The minimum Gasteiger partial charge on any atom is -0.464 e. The smallest absolute Gasteiger partial charge is 0.268 e. The Labute approximate surface area is 110 Å². The second-order valence-corrected chi connectivity index (χ2v) is 4.87. The van der Waals surface area contributed by atoms with E-state index in [0.717, 1.165) is 5.69 Å². The molecule has 1 saturated carbocycles. The first-order valence-corrected chi connectivity index (χ1v) is 6.31. The van der Waals surface area contributed by atoms with Gasteiger partial charge in [-0.2, -0.15) is 5.10 Å². The Morgan fingerprint density at radius 2 is 2.42 bits per heavy atom. The van der Waals surface area contributed by atoms with Crippen molar-refractivity contribution >= 4 is 5.91 Å². The van der Waals surface area contributed by atoms with Crippen LogP contribution in [0, 0.1) is 6.92 Å². The zero-order valence-electron chi connectivity index (χ0n) is 10.7. The molecule has 0 aromatic carbocycles. The number of nitrogens with zero attached hydrogens (tertiary/aromatic N) is 2. The third-order valence-corrected chi connectivity index (χ3v) is 3.32. The van der Waals surface area contributed by atoms with Crippen LogP contribution in [-0.2, 0) is 6.54 Å². The number of furan rings is 1. The normalized spacial score (nSPS) is 14.6. The van der Waals surface area contributed by atoms with Crippen molar-refractivity contribution in [3.63, 3.8) is 0 Å². The number of carbonyl (C=O) groups excluding carboxylic acids is 1. The maximum Gasteiger partial charge on any atom is 0.268 e. The van der Waals surface area contributed by atoms with Crippen LogP contribution in [0.2, 0.25) is 0 Å². The van der Waals surface area contributed by atoms with E-state index in [1.54, 1.807) is 13.0 Å². The molecule has 0 bridgehead atoms. The number of amides is 1. The van der Waals surface area contributed by atoms with Crippen LogP contribution in [0.3, 0.4) is 0 Å². The molecule has 1 fully saturated rings. The molecular weight excluding hydrogens is 244 g/mol. The van der Waals surface area contributed by atoms with Gasteiger partial charge in [-0.1, -0.05) is 0 Å². The summed E-state index contributed by atoms with van der Waals surface area (Å²) in [4.78, 5) is 11.5. The lowest BCUT2D eigenvalue weighted by molar-refractivity contribution is 0.0952. The predicted octanol–water partition coefficient (Wildman–Crippen LogP) is 1.31. The number of aromatic nitrogens is 2. The van der Waals surface area contributed by atoms with E-state index < -0.39 is 0 Å². The standard InChI is InChI=1S/C13H16N4O2/c1-8-11(13(18)15-14)6-10(19-8)7-17-5-4-12(16-17)9-2-3-9/h4-6,9H,2-3,7,14H2,1H3,(H,15,18). The van der Waals surface area contributed by atoms with Crippen molar-refractivity contribution in [2.24, 2.45) is 5.84 Å². The summed E-state index contributed by atoms with van der Waals surface area (Å²) in [6.07, 6.45) is 4.41. The fraction of sp³-hybridized carbons (Fsp3) is 0.385. The van der Waals surface area contributed by atoms with E-state index in [4.69, 9.17) is 10.3 Å². The van der Waals surface area contributed by atoms with E-state index in [9.17, 15) is 4.79 Å². The summed E-state index contributed by atoms with van der Waals surface area (Å²) < 4.78 is 7.38. The SMILES string of the molecule is Cc1oc(Cn2ccc(C3CC3)n2)cc1C(=O)NN. The lowest BCUT2D eigenvalue weighted by atomic mass is 10.2.